The molecule has 0 atom stereocenters. The summed E-state index contributed by atoms with van der Waals surface area (Å²) < 4.78 is 13.1. The number of aromatic nitrogens is 1. The summed E-state index contributed by atoms with van der Waals surface area (Å²) in [6, 6.07) is 11.9. The van der Waals surface area contributed by atoms with Gasteiger partial charge in [-0.25, -0.2) is 4.39 Å². The molecule has 6 heteroatoms. The van der Waals surface area contributed by atoms with Crippen LogP contribution in [0.5, 0.6) is 5.88 Å². The van der Waals surface area contributed by atoms with Crippen LogP contribution in [0.3, 0.4) is 0 Å². The number of carbonyl (C=O) groups is 2. The Bertz CT molecular complexity index is 886. The second-order valence-corrected chi connectivity index (χ2v) is 4.69. The third-order valence-electron chi connectivity index (χ3n) is 3.20. The van der Waals surface area contributed by atoms with Gasteiger partial charge in [0.1, 0.15) is 5.82 Å². The number of H-pyrrole nitrogens is 1. The molecule has 0 aliphatic carbocycles. The van der Waals surface area contributed by atoms with Crippen molar-refractivity contribution in [3.05, 3.63) is 59.9 Å². The van der Waals surface area contributed by atoms with Crippen molar-refractivity contribution in [3.8, 4) is 5.88 Å². The normalized spacial score (nSPS) is 10.6. The highest BCUT2D eigenvalue weighted by Gasteiger charge is 2.24. The van der Waals surface area contributed by atoms with Gasteiger partial charge in [0.2, 0.25) is 5.88 Å². The van der Waals surface area contributed by atoms with E-state index in [0.717, 1.165) is 6.07 Å². The van der Waals surface area contributed by atoms with Crippen LogP contribution in [-0.2, 0) is 4.79 Å². The minimum atomic E-state index is -0.953. The molecule has 0 radical (unpaired) electrons. The molecule has 0 unspecified atom stereocenters. The van der Waals surface area contributed by atoms with Crippen molar-refractivity contribution in [2.45, 2.75) is 0 Å². The van der Waals surface area contributed by atoms with Crippen molar-refractivity contribution in [2.24, 2.45) is 0 Å². The van der Waals surface area contributed by atoms with Crippen molar-refractivity contribution >= 4 is 28.3 Å². The molecule has 0 saturated heterocycles. The molecule has 1 amide bonds. The van der Waals surface area contributed by atoms with E-state index in [-0.39, 0.29) is 17.1 Å². The number of fused-ring (bicyclic) bond motifs is 1. The van der Waals surface area contributed by atoms with Crippen LogP contribution in [0.2, 0.25) is 0 Å². The molecule has 1 aromatic heterocycles. The van der Waals surface area contributed by atoms with Crippen LogP contribution in [0.4, 0.5) is 10.1 Å². The Morgan fingerprint density at radius 1 is 1.09 bits per heavy atom. The summed E-state index contributed by atoms with van der Waals surface area (Å²) in [5, 5.41) is 12.6. The average molecular weight is 298 g/mol. The monoisotopic (exact) mass is 298 g/mol. The number of nitrogens with one attached hydrogen (secondary N) is 2. The van der Waals surface area contributed by atoms with Crippen molar-refractivity contribution in [1.29, 1.82) is 0 Å². The topological polar surface area (TPSA) is 82.2 Å². The van der Waals surface area contributed by atoms with Crippen LogP contribution in [-0.4, -0.2) is 21.8 Å². The molecule has 0 spiro atoms. The number of carbonyl (C=O) groups excluding carboxylic acids is 2. The molecule has 0 aliphatic heterocycles. The zero-order chi connectivity index (χ0) is 15.7. The Kier molecular flexibility index (Phi) is 3.34. The lowest BCUT2D eigenvalue weighted by Gasteiger charge is -2.04. The third-order valence-corrected chi connectivity index (χ3v) is 3.20. The molecule has 3 aromatic rings. The molecular weight excluding hydrogens is 287 g/mol. The van der Waals surface area contributed by atoms with Crippen molar-refractivity contribution < 1.29 is 19.1 Å². The van der Waals surface area contributed by atoms with Gasteiger partial charge in [-0.2, -0.15) is 0 Å². The van der Waals surface area contributed by atoms with Gasteiger partial charge < -0.3 is 15.4 Å². The Morgan fingerprint density at radius 2 is 1.86 bits per heavy atom. The zero-order valence-corrected chi connectivity index (χ0v) is 11.3. The van der Waals surface area contributed by atoms with Gasteiger partial charge in [-0.15, -0.1) is 0 Å². The van der Waals surface area contributed by atoms with Gasteiger partial charge in [-0.05, 0) is 24.3 Å². The molecule has 1 heterocycles. The highest BCUT2D eigenvalue weighted by atomic mass is 19.1. The summed E-state index contributed by atoms with van der Waals surface area (Å²) in [5.74, 6) is -2.76. The molecule has 0 aliphatic rings. The molecule has 2 aromatic carbocycles. The first-order valence-corrected chi connectivity index (χ1v) is 6.47. The smallest absolute Gasteiger partial charge is 0.297 e. The standard InChI is InChI=1S/C16H11FN2O3/c17-9-4-3-5-10(8-9)18-16(22)14(20)13-11-6-1-2-7-12(11)19-15(13)21/h1-8,19,21H,(H,18,22). The summed E-state index contributed by atoms with van der Waals surface area (Å²) >= 11 is 0. The highest BCUT2D eigenvalue weighted by Crippen LogP contribution is 2.27. The summed E-state index contributed by atoms with van der Waals surface area (Å²) in [7, 11) is 0. The summed E-state index contributed by atoms with van der Waals surface area (Å²) in [5.41, 5.74) is 0.601. The average Bonchev–Trinajstić information content (AvgIpc) is 2.82. The van der Waals surface area contributed by atoms with Gasteiger partial charge in [-0.1, -0.05) is 24.3 Å². The number of aromatic hydroxyl groups is 1. The maximum Gasteiger partial charge on any atom is 0.297 e. The van der Waals surface area contributed by atoms with Crippen molar-refractivity contribution in [2.75, 3.05) is 5.32 Å². The number of hydrogen-bond donors (Lipinski definition) is 3. The number of para-hydroxylation sites is 1. The van der Waals surface area contributed by atoms with E-state index in [0.29, 0.717) is 10.9 Å². The summed E-state index contributed by atoms with van der Waals surface area (Å²) in [6.07, 6.45) is 0. The molecule has 110 valence electrons. The van der Waals surface area contributed by atoms with Gasteiger partial charge in [0.25, 0.3) is 11.7 Å². The Morgan fingerprint density at radius 3 is 2.64 bits per heavy atom. The Hall–Kier alpha value is -3.15. The fourth-order valence-electron chi connectivity index (χ4n) is 2.23. The van der Waals surface area contributed by atoms with Crippen LogP contribution >= 0.6 is 0 Å². The molecule has 3 N–H and O–H groups in total. The molecule has 3 rings (SSSR count). The van der Waals surface area contributed by atoms with Crippen LogP contribution in [0, 0.1) is 5.82 Å². The fourth-order valence-corrected chi connectivity index (χ4v) is 2.23. The molecule has 5 nitrogen and oxygen atoms in total. The Balaban J connectivity index is 1.92. The van der Waals surface area contributed by atoms with E-state index in [1.54, 1.807) is 24.3 Å². The first kappa shape index (κ1) is 13.8. The molecular formula is C16H11FN2O3. The van der Waals surface area contributed by atoms with Crippen LogP contribution in [0.1, 0.15) is 10.4 Å². The van der Waals surface area contributed by atoms with Gasteiger partial charge in [0, 0.05) is 16.6 Å². The van der Waals surface area contributed by atoms with Gasteiger partial charge in [-0.3, -0.25) is 9.59 Å². The maximum atomic E-state index is 13.1. The van der Waals surface area contributed by atoms with E-state index < -0.39 is 17.5 Å². The second-order valence-electron chi connectivity index (χ2n) is 4.69. The van der Waals surface area contributed by atoms with E-state index in [1.807, 2.05) is 0 Å². The third kappa shape index (κ3) is 2.42. The number of rotatable bonds is 3. The Labute approximate surface area is 124 Å². The lowest BCUT2D eigenvalue weighted by molar-refractivity contribution is -0.112. The first-order valence-electron chi connectivity index (χ1n) is 6.47. The number of aromatic amines is 1. The molecule has 22 heavy (non-hydrogen) atoms. The van der Waals surface area contributed by atoms with E-state index in [4.69, 9.17) is 0 Å². The van der Waals surface area contributed by atoms with Gasteiger partial charge in [0.15, 0.2) is 0 Å². The lowest BCUT2D eigenvalue weighted by atomic mass is 10.1. The van der Waals surface area contributed by atoms with E-state index in [9.17, 15) is 19.1 Å². The number of hydrogen-bond acceptors (Lipinski definition) is 3. The lowest BCUT2D eigenvalue weighted by Crippen LogP contribution is -2.22. The number of amides is 1. The van der Waals surface area contributed by atoms with Crippen molar-refractivity contribution in [3.63, 3.8) is 0 Å². The second kappa shape index (κ2) is 5.33. The number of anilines is 1. The summed E-state index contributed by atoms with van der Waals surface area (Å²) in [6.45, 7) is 0. The molecule has 0 bridgehead atoms. The predicted octanol–water partition coefficient (Wildman–Crippen LogP) is 2.83. The first-order chi connectivity index (χ1) is 10.6. The molecule has 0 saturated carbocycles. The van der Waals surface area contributed by atoms with E-state index >= 15 is 0 Å². The van der Waals surface area contributed by atoms with Crippen LogP contribution in [0.25, 0.3) is 10.9 Å². The number of benzene rings is 2. The maximum absolute atomic E-state index is 13.1. The fraction of sp³-hybridized carbons (Fsp3) is 0. The van der Waals surface area contributed by atoms with Crippen LogP contribution < -0.4 is 5.32 Å². The largest absolute Gasteiger partial charge is 0.494 e. The predicted molar refractivity (Wildman–Crippen MR) is 79.3 cm³/mol. The van der Waals surface area contributed by atoms with Crippen molar-refractivity contribution in [1.82, 2.24) is 4.98 Å². The van der Waals surface area contributed by atoms with E-state index in [1.165, 1.54) is 18.2 Å². The number of Topliss-reactive ketones (excluding diaryl/α,β-unsaturated/α-hetero) is 1. The minimum absolute atomic E-state index is 0.107. The molecule has 0 fully saturated rings. The summed E-state index contributed by atoms with van der Waals surface area (Å²) in [4.78, 5) is 26.9. The SMILES string of the molecule is O=C(Nc1cccc(F)c1)C(=O)c1c(O)[nH]c2ccccc12. The zero-order valence-electron chi connectivity index (χ0n) is 11.3. The van der Waals surface area contributed by atoms with E-state index in [2.05, 4.69) is 10.3 Å². The highest BCUT2D eigenvalue weighted by molar-refractivity contribution is 6.49. The quantitative estimate of drug-likeness (QED) is 0.513. The minimum Gasteiger partial charge on any atom is -0.494 e. The van der Waals surface area contributed by atoms with Gasteiger partial charge in [0.05, 0.1) is 5.56 Å². The van der Waals surface area contributed by atoms with Crippen LogP contribution in [0.15, 0.2) is 48.5 Å². The number of halogens is 1. The van der Waals surface area contributed by atoms with Gasteiger partial charge >= 0.3 is 0 Å². The number of ketones is 1.